The van der Waals surface area contributed by atoms with E-state index >= 15 is 0 Å². The Kier molecular flexibility index (Phi) is 2.83. The van der Waals surface area contributed by atoms with Crippen LogP contribution in [0.1, 0.15) is 5.56 Å². The number of anilines is 1. The zero-order valence-electron chi connectivity index (χ0n) is 7.54. The van der Waals surface area contributed by atoms with Crippen LogP contribution in [0.25, 0.3) is 0 Å². The monoisotopic (exact) mass is 198 g/mol. The molecule has 0 bridgehead atoms. The van der Waals surface area contributed by atoms with E-state index < -0.39 is 0 Å². The maximum atomic E-state index is 12.9. The van der Waals surface area contributed by atoms with Crippen LogP contribution >= 0.6 is 12.2 Å². The van der Waals surface area contributed by atoms with E-state index in [9.17, 15) is 4.39 Å². The number of benzene rings is 1. The van der Waals surface area contributed by atoms with Crippen molar-refractivity contribution in [2.75, 3.05) is 19.0 Å². The first-order valence-electron chi connectivity index (χ1n) is 3.79. The Balaban J connectivity index is 3.26. The topological polar surface area (TPSA) is 29.3 Å². The second-order valence-electron chi connectivity index (χ2n) is 2.92. The third-order valence-corrected chi connectivity index (χ3v) is 1.93. The average molecular weight is 198 g/mol. The minimum atomic E-state index is -0.288. The summed E-state index contributed by atoms with van der Waals surface area (Å²) in [6, 6.07) is 4.35. The lowest BCUT2D eigenvalue weighted by Gasteiger charge is -2.16. The smallest absolute Gasteiger partial charge is 0.125 e. The Morgan fingerprint density at radius 2 is 2.08 bits per heavy atom. The van der Waals surface area contributed by atoms with Gasteiger partial charge in [0.25, 0.3) is 0 Å². The molecule has 0 unspecified atom stereocenters. The summed E-state index contributed by atoms with van der Waals surface area (Å²) in [5.74, 6) is -0.288. The summed E-state index contributed by atoms with van der Waals surface area (Å²) in [7, 11) is 3.63. The van der Waals surface area contributed by atoms with Gasteiger partial charge in [-0.25, -0.2) is 4.39 Å². The molecular weight excluding hydrogens is 187 g/mol. The molecule has 1 aromatic carbocycles. The number of halogens is 1. The number of rotatable bonds is 2. The van der Waals surface area contributed by atoms with Crippen molar-refractivity contribution in [1.29, 1.82) is 0 Å². The fourth-order valence-electron chi connectivity index (χ4n) is 1.08. The van der Waals surface area contributed by atoms with Crippen molar-refractivity contribution >= 4 is 22.9 Å². The molecule has 4 heteroatoms. The maximum absolute atomic E-state index is 12.9. The highest BCUT2D eigenvalue weighted by molar-refractivity contribution is 7.80. The van der Waals surface area contributed by atoms with Crippen LogP contribution in [0.4, 0.5) is 10.1 Å². The van der Waals surface area contributed by atoms with Gasteiger partial charge in [-0.1, -0.05) is 12.2 Å². The van der Waals surface area contributed by atoms with Crippen molar-refractivity contribution in [2.45, 2.75) is 0 Å². The largest absolute Gasteiger partial charge is 0.389 e. The molecule has 0 saturated heterocycles. The Bertz CT molecular complexity index is 336. The molecule has 0 fully saturated rings. The van der Waals surface area contributed by atoms with Crippen molar-refractivity contribution in [1.82, 2.24) is 0 Å². The van der Waals surface area contributed by atoms with Gasteiger partial charge >= 0.3 is 0 Å². The van der Waals surface area contributed by atoms with Crippen molar-refractivity contribution in [3.63, 3.8) is 0 Å². The van der Waals surface area contributed by atoms with Crippen molar-refractivity contribution in [3.05, 3.63) is 29.6 Å². The predicted molar refractivity (Wildman–Crippen MR) is 56.6 cm³/mol. The van der Waals surface area contributed by atoms with Crippen molar-refractivity contribution in [3.8, 4) is 0 Å². The van der Waals surface area contributed by atoms with Crippen LogP contribution in [-0.2, 0) is 0 Å². The van der Waals surface area contributed by atoms with E-state index in [0.29, 0.717) is 11.3 Å². The minimum absolute atomic E-state index is 0.281. The standard InChI is InChI=1S/C9H11FN2S/c1-12(2)8-5-6(10)3-4-7(8)9(11)13/h3-5H,1-2H3,(H2,11,13). The van der Waals surface area contributed by atoms with Gasteiger partial charge in [0.2, 0.25) is 0 Å². The molecule has 0 spiro atoms. The SMILES string of the molecule is CN(C)c1cc(F)ccc1C(N)=S. The second-order valence-corrected chi connectivity index (χ2v) is 3.36. The molecule has 0 aliphatic rings. The summed E-state index contributed by atoms with van der Waals surface area (Å²) < 4.78 is 12.9. The van der Waals surface area contributed by atoms with Gasteiger partial charge in [0, 0.05) is 25.3 Å². The molecule has 2 nitrogen and oxygen atoms in total. The normalized spacial score (nSPS) is 9.77. The maximum Gasteiger partial charge on any atom is 0.125 e. The molecule has 0 aliphatic carbocycles. The summed E-state index contributed by atoms with van der Waals surface area (Å²) in [6.07, 6.45) is 0. The molecule has 0 atom stereocenters. The van der Waals surface area contributed by atoms with Crippen molar-refractivity contribution < 1.29 is 4.39 Å². The molecule has 0 aromatic heterocycles. The number of hydrogen-bond donors (Lipinski definition) is 1. The second kappa shape index (κ2) is 3.70. The molecule has 0 heterocycles. The van der Waals surface area contributed by atoms with Crippen LogP contribution in [0, 0.1) is 5.82 Å². The number of thiocarbonyl (C=S) groups is 1. The molecule has 2 N–H and O–H groups in total. The molecule has 1 rings (SSSR count). The first-order valence-corrected chi connectivity index (χ1v) is 4.20. The highest BCUT2D eigenvalue weighted by Crippen LogP contribution is 2.19. The van der Waals surface area contributed by atoms with Crippen LogP contribution in [0.3, 0.4) is 0 Å². The van der Waals surface area contributed by atoms with E-state index in [0.717, 1.165) is 0 Å². The summed E-state index contributed by atoms with van der Waals surface area (Å²) >= 11 is 4.84. The van der Waals surface area contributed by atoms with Crippen LogP contribution in [0.2, 0.25) is 0 Å². The van der Waals surface area contributed by atoms with Gasteiger partial charge in [0.15, 0.2) is 0 Å². The number of nitrogens with two attached hydrogens (primary N) is 1. The minimum Gasteiger partial charge on any atom is -0.389 e. The lowest BCUT2D eigenvalue weighted by atomic mass is 10.1. The predicted octanol–water partition coefficient (Wildman–Crippen LogP) is 1.53. The lowest BCUT2D eigenvalue weighted by molar-refractivity contribution is 0.627. The van der Waals surface area contributed by atoms with Gasteiger partial charge < -0.3 is 10.6 Å². The van der Waals surface area contributed by atoms with Crippen LogP contribution in [-0.4, -0.2) is 19.1 Å². The Labute approximate surface area is 82.2 Å². The van der Waals surface area contributed by atoms with Gasteiger partial charge in [-0.15, -0.1) is 0 Å². The summed E-state index contributed by atoms with van der Waals surface area (Å²) in [4.78, 5) is 2.06. The van der Waals surface area contributed by atoms with E-state index in [2.05, 4.69) is 0 Å². The average Bonchev–Trinajstić information content (AvgIpc) is 2.03. The quantitative estimate of drug-likeness (QED) is 0.731. The Morgan fingerprint density at radius 3 is 2.54 bits per heavy atom. The first-order chi connectivity index (χ1) is 6.02. The van der Waals surface area contributed by atoms with Crippen LogP contribution < -0.4 is 10.6 Å². The van der Waals surface area contributed by atoms with Gasteiger partial charge in [-0.05, 0) is 18.2 Å². The fraction of sp³-hybridized carbons (Fsp3) is 0.222. The molecule has 70 valence electrons. The lowest BCUT2D eigenvalue weighted by Crippen LogP contribution is -2.17. The van der Waals surface area contributed by atoms with E-state index in [1.54, 1.807) is 11.0 Å². The highest BCUT2D eigenvalue weighted by Gasteiger charge is 2.07. The van der Waals surface area contributed by atoms with Gasteiger partial charge in [-0.2, -0.15) is 0 Å². The van der Waals surface area contributed by atoms with E-state index in [4.69, 9.17) is 18.0 Å². The third kappa shape index (κ3) is 2.15. The van der Waals surface area contributed by atoms with Crippen LogP contribution in [0.5, 0.6) is 0 Å². The molecular formula is C9H11FN2S. The van der Waals surface area contributed by atoms with Crippen molar-refractivity contribution in [2.24, 2.45) is 5.73 Å². The number of nitrogens with zero attached hydrogens (tertiary/aromatic N) is 1. The highest BCUT2D eigenvalue weighted by atomic mass is 32.1. The molecule has 0 radical (unpaired) electrons. The molecule has 0 amide bonds. The Hall–Kier alpha value is -1.16. The molecule has 1 aromatic rings. The van der Waals surface area contributed by atoms with E-state index in [1.807, 2.05) is 14.1 Å². The van der Waals surface area contributed by atoms with Gasteiger partial charge in [-0.3, -0.25) is 0 Å². The zero-order chi connectivity index (χ0) is 10.0. The third-order valence-electron chi connectivity index (χ3n) is 1.71. The summed E-state index contributed by atoms with van der Waals surface area (Å²) in [5, 5.41) is 0. The fourth-order valence-corrected chi connectivity index (χ4v) is 1.26. The van der Waals surface area contributed by atoms with Gasteiger partial charge in [0.05, 0.1) is 0 Å². The molecule has 0 aliphatic heterocycles. The van der Waals surface area contributed by atoms with E-state index in [-0.39, 0.29) is 10.8 Å². The zero-order valence-corrected chi connectivity index (χ0v) is 8.36. The van der Waals surface area contributed by atoms with E-state index in [1.165, 1.54) is 12.1 Å². The van der Waals surface area contributed by atoms with Crippen LogP contribution in [0.15, 0.2) is 18.2 Å². The summed E-state index contributed by atoms with van der Waals surface area (Å²) in [6.45, 7) is 0. The molecule has 13 heavy (non-hydrogen) atoms. The first kappa shape index (κ1) is 9.92. The summed E-state index contributed by atoms with van der Waals surface area (Å²) in [5.41, 5.74) is 6.88. The number of hydrogen-bond acceptors (Lipinski definition) is 2. The molecule has 0 saturated carbocycles. The Morgan fingerprint density at radius 1 is 1.46 bits per heavy atom. The van der Waals surface area contributed by atoms with Gasteiger partial charge in [0.1, 0.15) is 10.8 Å².